The molecular formula is C23H24F2N2O4. The van der Waals surface area contributed by atoms with Crippen molar-refractivity contribution in [2.45, 2.75) is 33.3 Å². The Hall–Kier alpha value is -3.00. The van der Waals surface area contributed by atoms with Crippen LogP contribution in [0.15, 0.2) is 48.2 Å². The zero-order valence-electron chi connectivity index (χ0n) is 17.4. The van der Waals surface area contributed by atoms with Crippen LogP contribution >= 0.6 is 0 Å². The van der Waals surface area contributed by atoms with Crippen LogP contribution in [0.2, 0.25) is 0 Å². The summed E-state index contributed by atoms with van der Waals surface area (Å²) < 4.78 is 37.8. The Labute approximate surface area is 179 Å². The number of pyridine rings is 1. The van der Waals surface area contributed by atoms with E-state index in [4.69, 9.17) is 14.3 Å². The van der Waals surface area contributed by atoms with Crippen molar-refractivity contribution in [3.05, 3.63) is 65.5 Å². The Kier molecular flexibility index (Phi) is 5.91. The molecule has 1 aromatic carbocycles. The lowest BCUT2D eigenvalue weighted by molar-refractivity contribution is -0.147. The van der Waals surface area contributed by atoms with Crippen LogP contribution in [0.5, 0.6) is 11.6 Å². The van der Waals surface area contributed by atoms with Gasteiger partial charge in [0.1, 0.15) is 18.2 Å². The molecule has 1 atom stereocenters. The fourth-order valence-electron chi connectivity index (χ4n) is 3.28. The highest BCUT2D eigenvalue weighted by atomic mass is 19.1. The Morgan fingerprint density at radius 3 is 2.65 bits per heavy atom. The van der Waals surface area contributed by atoms with Crippen LogP contribution in [-0.2, 0) is 21.0 Å². The fraction of sp³-hybridized carbons (Fsp3) is 0.391. The van der Waals surface area contributed by atoms with Crippen molar-refractivity contribution in [1.82, 2.24) is 10.5 Å². The largest absolute Gasteiger partial charge is 0.459 e. The Morgan fingerprint density at radius 2 is 1.94 bits per heavy atom. The normalized spacial score (nSPS) is 20.4. The van der Waals surface area contributed by atoms with E-state index in [1.807, 2.05) is 13.8 Å². The molecule has 2 aliphatic carbocycles. The highest BCUT2D eigenvalue weighted by Crippen LogP contribution is 2.58. The number of hydrogen-bond acceptors (Lipinski definition) is 6. The number of esters is 1. The first-order valence-corrected chi connectivity index (χ1v) is 10.2. The Morgan fingerprint density at radius 1 is 1.19 bits per heavy atom. The number of nitrogens with one attached hydrogen (secondary N) is 1. The van der Waals surface area contributed by atoms with E-state index in [9.17, 15) is 13.6 Å². The quantitative estimate of drug-likeness (QED) is 0.354. The maximum Gasteiger partial charge on any atom is 0.314 e. The van der Waals surface area contributed by atoms with Gasteiger partial charge in [-0.3, -0.25) is 15.1 Å². The van der Waals surface area contributed by atoms with Crippen molar-refractivity contribution in [3.63, 3.8) is 0 Å². The second kappa shape index (κ2) is 8.63. The van der Waals surface area contributed by atoms with Crippen LogP contribution in [0.1, 0.15) is 32.4 Å². The summed E-state index contributed by atoms with van der Waals surface area (Å²) in [5.74, 6) is -1.25. The highest BCUT2D eigenvalue weighted by Gasteiger charge is 2.58. The standard InChI is InChI=1S/C23H24F2N2O4/c1-23(2)18(11-26-30-12-14-3-4-14)20(23)22(28)29-13-16-7-10-19(25)21(27-16)31-17-8-5-15(24)6-9-17/h5-11,14,20,26H,3-4,12-13H2,1-2H3. The third-order valence-electron chi connectivity index (χ3n) is 5.50. The number of hydroxylamine groups is 1. The molecule has 6 nitrogen and oxygen atoms in total. The van der Waals surface area contributed by atoms with E-state index < -0.39 is 11.6 Å². The lowest BCUT2D eigenvalue weighted by Gasteiger charge is -2.09. The van der Waals surface area contributed by atoms with Crippen molar-refractivity contribution in [2.24, 2.45) is 17.3 Å². The second-order valence-electron chi connectivity index (χ2n) is 8.38. The smallest absolute Gasteiger partial charge is 0.314 e. The zero-order chi connectivity index (χ0) is 22.0. The van der Waals surface area contributed by atoms with Crippen molar-refractivity contribution < 1.29 is 27.9 Å². The summed E-state index contributed by atoms with van der Waals surface area (Å²) in [7, 11) is 0. The van der Waals surface area contributed by atoms with Gasteiger partial charge in [-0.2, -0.15) is 0 Å². The number of ether oxygens (including phenoxy) is 2. The summed E-state index contributed by atoms with van der Waals surface area (Å²) in [6.07, 6.45) is 4.12. The highest BCUT2D eigenvalue weighted by molar-refractivity contribution is 5.83. The first kappa shape index (κ1) is 21.2. The van der Waals surface area contributed by atoms with Gasteiger partial charge in [0, 0.05) is 11.6 Å². The summed E-state index contributed by atoms with van der Waals surface area (Å²) in [5, 5.41) is 0. The second-order valence-corrected chi connectivity index (χ2v) is 8.38. The molecule has 1 unspecified atom stereocenters. The van der Waals surface area contributed by atoms with Gasteiger partial charge < -0.3 is 9.47 Å². The average Bonchev–Trinajstić information content (AvgIpc) is 3.64. The molecule has 0 bridgehead atoms. The summed E-state index contributed by atoms with van der Waals surface area (Å²) >= 11 is 0. The lowest BCUT2D eigenvalue weighted by atomic mass is 10.1. The van der Waals surface area contributed by atoms with Gasteiger partial charge in [-0.05, 0) is 60.7 Å². The van der Waals surface area contributed by atoms with Crippen LogP contribution in [-0.4, -0.2) is 17.6 Å². The predicted molar refractivity (Wildman–Crippen MR) is 108 cm³/mol. The third-order valence-corrected chi connectivity index (χ3v) is 5.50. The summed E-state index contributed by atoms with van der Waals surface area (Å²) in [6, 6.07) is 7.74. The number of hydrogen-bond donors (Lipinski definition) is 1. The molecule has 1 aromatic heterocycles. The van der Waals surface area contributed by atoms with E-state index in [-0.39, 0.29) is 35.5 Å². The number of rotatable bonds is 9. The molecule has 4 rings (SSSR count). The molecule has 1 heterocycles. The van der Waals surface area contributed by atoms with Crippen LogP contribution in [0, 0.1) is 28.9 Å². The maximum atomic E-state index is 14.0. The van der Waals surface area contributed by atoms with E-state index in [0.29, 0.717) is 18.2 Å². The van der Waals surface area contributed by atoms with Crippen LogP contribution in [0.4, 0.5) is 8.78 Å². The van der Waals surface area contributed by atoms with Gasteiger partial charge in [0.25, 0.3) is 5.88 Å². The first-order valence-electron chi connectivity index (χ1n) is 10.2. The van der Waals surface area contributed by atoms with Crippen molar-refractivity contribution in [1.29, 1.82) is 0 Å². The monoisotopic (exact) mass is 430 g/mol. The molecule has 2 saturated carbocycles. The van der Waals surface area contributed by atoms with E-state index in [0.717, 1.165) is 5.57 Å². The number of carbonyl (C=O) groups excluding carboxylic acids is 1. The van der Waals surface area contributed by atoms with Gasteiger partial charge in [0.15, 0.2) is 5.82 Å². The van der Waals surface area contributed by atoms with Gasteiger partial charge >= 0.3 is 5.97 Å². The van der Waals surface area contributed by atoms with Crippen LogP contribution in [0.3, 0.4) is 0 Å². The molecule has 0 amide bonds. The van der Waals surface area contributed by atoms with Crippen LogP contribution < -0.4 is 10.2 Å². The van der Waals surface area contributed by atoms with E-state index in [2.05, 4.69) is 10.5 Å². The predicted octanol–water partition coefficient (Wildman–Crippen LogP) is 4.67. The minimum atomic E-state index is -0.676. The number of benzene rings is 1. The van der Waals surface area contributed by atoms with Gasteiger partial charge in [-0.15, -0.1) is 0 Å². The molecule has 2 aliphatic rings. The van der Waals surface area contributed by atoms with Gasteiger partial charge in [0.2, 0.25) is 0 Å². The Bertz CT molecular complexity index is 988. The SMILES string of the molecule is CC1(C)C(=CNOCC2CC2)C1C(=O)OCc1ccc(F)c(Oc2ccc(F)cc2)n1. The van der Waals surface area contributed by atoms with Gasteiger partial charge in [-0.25, -0.2) is 13.8 Å². The molecule has 0 spiro atoms. The van der Waals surface area contributed by atoms with Gasteiger partial charge in [0.05, 0.1) is 18.2 Å². The van der Waals surface area contributed by atoms with Crippen molar-refractivity contribution >= 4 is 5.97 Å². The molecule has 2 fully saturated rings. The number of nitrogens with zero attached hydrogens (tertiary/aromatic N) is 1. The molecular weight excluding hydrogens is 406 g/mol. The maximum absolute atomic E-state index is 14.0. The van der Waals surface area contributed by atoms with Gasteiger partial charge in [-0.1, -0.05) is 13.8 Å². The zero-order valence-corrected chi connectivity index (χ0v) is 17.4. The first-order chi connectivity index (χ1) is 14.8. The minimum absolute atomic E-state index is 0.121. The molecule has 1 N–H and O–H groups in total. The third kappa shape index (κ3) is 5.19. The minimum Gasteiger partial charge on any atom is -0.459 e. The molecule has 164 valence electrons. The van der Waals surface area contributed by atoms with E-state index in [1.54, 1.807) is 6.20 Å². The topological polar surface area (TPSA) is 69.7 Å². The summed E-state index contributed by atoms with van der Waals surface area (Å²) in [5.41, 5.74) is 3.73. The van der Waals surface area contributed by atoms with E-state index in [1.165, 1.54) is 49.2 Å². The average molecular weight is 430 g/mol. The number of halogens is 2. The van der Waals surface area contributed by atoms with Crippen molar-refractivity contribution in [3.8, 4) is 11.6 Å². The summed E-state index contributed by atoms with van der Waals surface area (Å²) in [6.45, 7) is 4.46. The lowest BCUT2D eigenvalue weighted by Crippen LogP contribution is -2.11. The summed E-state index contributed by atoms with van der Waals surface area (Å²) in [4.78, 5) is 22.0. The molecule has 8 heteroatoms. The Balaban J connectivity index is 1.32. The van der Waals surface area contributed by atoms with Crippen molar-refractivity contribution in [2.75, 3.05) is 6.61 Å². The molecule has 0 radical (unpaired) electrons. The number of aromatic nitrogens is 1. The fourth-order valence-corrected chi connectivity index (χ4v) is 3.28. The molecule has 0 aliphatic heterocycles. The molecule has 2 aromatic rings. The number of carbonyl (C=O) groups is 1. The molecule has 31 heavy (non-hydrogen) atoms. The molecule has 0 saturated heterocycles. The van der Waals surface area contributed by atoms with E-state index >= 15 is 0 Å². The van der Waals surface area contributed by atoms with Crippen LogP contribution in [0.25, 0.3) is 0 Å².